The van der Waals surface area contributed by atoms with E-state index in [4.69, 9.17) is 37.3 Å². The van der Waals surface area contributed by atoms with Crippen molar-refractivity contribution >= 4 is 49.2 Å². The number of hydrogen-bond acceptors (Lipinski definition) is 4. The molecule has 0 aliphatic carbocycles. The summed E-state index contributed by atoms with van der Waals surface area (Å²) in [7, 11) is -5.75. The van der Waals surface area contributed by atoms with E-state index in [2.05, 4.69) is 22.5 Å². The van der Waals surface area contributed by atoms with Crippen molar-refractivity contribution in [3.8, 4) is 24.7 Å². The first-order valence-electron chi connectivity index (χ1n) is 13.5. The van der Waals surface area contributed by atoms with Gasteiger partial charge in [0.1, 0.15) is 12.1 Å². The molecule has 0 spiro atoms. The molecule has 2 aromatic rings. The number of nitrogens with zero attached hydrogens (tertiary/aromatic N) is 2. The van der Waals surface area contributed by atoms with E-state index in [-0.39, 0.29) is 0 Å². The van der Waals surface area contributed by atoms with Crippen LogP contribution in [-0.2, 0) is 9.13 Å². The van der Waals surface area contributed by atoms with Gasteiger partial charge in [0.15, 0.2) is 24.8 Å². The van der Waals surface area contributed by atoms with E-state index in [1.807, 2.05) is 88.4 Å². The van der Waals surface area contributed by atoms with Crippen molar-refractivity contribution in [1.29, 1.82) is 0 Å². The second-order valence-electron chi connectivity index (χ2n) is 9.07. The highest BCUT2D eigenvalue weighted by Crippen LogP contribution is 2.54. The SMILES string of the molecule is C#CC(c1ccccc1)N(C(=S)NCCNC(=S)N(C(C#C)c1ccccc1)P(=O)(CC)CC)P(=O)(CC)CC. The molecule has 0 aliphatic heterocycles. The van der Waals surface area contributed by atoms with Gasteiger partial charge in [0.05, 0.1) is 0 Å². The summed E-state index contributed by atoms with van der Waals surface area (Å²) in [6, 6.07) is 17.9. The number of nitrogens with one attached hydrogen (secondary N) is 2. The molecule has 2 rings (SSSR count). The fourth-order valence-electron chi connectivity index (χ4n) is 4.43. The average Bonchev–Trinajstić information content (AvgIpc) is 3.00. The average molecular weight is 615 g/mol. The predicted molar refractivity (Wildman–Crippen MR) is 178 cm³/mol. The van der Waals surface area contributed by atoms with Gasteiger partial charge in [0, 0.05) is 37.7 Å². The van der Waals surface area contributed by atoms with Crippen LogP contribution in [0.25, 0.3) is 0 Å². The van der Waals surface area contributed by atoms with E-state index in [0.29, 0.717) is 48.0 Å². The molecule has 6 nitrogen and oxygen atoms in total. The van der Waals surface area contributed by atoms with Crippen LogP contribution < -0.4 is 10.6 Å². The highest BCUT2D eigenvalue weighted by molar-refractivity contribution is 7.81. The first-order chi connectivity index (χ1) is 19.2. The highest BCUT2D eigenvalue weighted by atomic mass is 32.1. The number of benzene rings is 2. The predicted octanol–water partition coefficient (Wildman–Crippen LogP) is 6.72. The molecule has 2 unspecified atom stereocenters. The van der Waals surface area contributed by atoms with Crippen LogP contribution in [0.2, 0.25) is 0 Å². The summed E-state index contributed by atoms with van der Waals surface area (Å²) in [4.78, 5) is 0. The molecule has 0 bridgehead atoms. The molecule has 0 fully saturated rings. The van der Waals surface area contributed by atoms with E-state index < -0.39 is 26.7 Å². The molecule has 40 heavy (non-hydrogen) atoms. The second-order valence-corrected chi connectivity index (χ2v) is 16.6. The number of hydrogen-bond donors (Lipinski definition) is 2. The van der Waals surface area contributed by atoms with Crippen LogP contribution in [0.3, 0.4) is 0 Å². The largest absolute Gasteiger partial charge is 0.360 e. The summed E-state index contributed by atoms with van der Waals surface area (Å²) in [6.45, 7) is 8.31. The van der Waals surface area contributed by atoms with E-state index in [9.17, 15) is 9.13 Å². The van der Waals surface area contributed by atoms with Gasteiger partial charge in [-0.15, -0.1) is 12.8 Å². The quantitative estimate of drug-likeness (QED) is 0.112. The molecule has 2 aromatic carbocycles. The van der Waals surface area contributed by atoms with Crippen molar-refractivity contribution in [3.63, 3.8) is 0 Å². The van der Waals surface area contributed by atoms with Crippen LogP contribution in [0.4, 0.5) is 0 Å². The number of terminal acetylenes is 2. The smallest absolute Gasteiger partial charge is 0.175 e. The minimum atomic E-state index is -2.88. The van der Waals surface area contributed by atoms with Crippen molar-refractivity contribution in [2.45, 2.75) is 39.8 Å². The van der Waals surface area contributed by atoms with Crippen LogP contribution >= 0.6 is 39.0 Å². The Balaban J connectivity index is 2.22. The molecular formula is C30H40N4O2P2S2. The lowest BCUT2D eigenvalue weighted by Crippen LogP contribution is -2.46. The molecule has 2 N–H and O–H groups in total. The van der Waals surface area contributed by atoms with Crippen LogP contribution in [0.5, 0.6) is 0 Å². The summed E-state index contributed by atoms with van der Waals surface area (Å²) in [5, 5.41) is 7.08. The Morgan fingerprint density at radius 3 is 1.25 bits per heavy atom. The van der Waals surface area contributed by atoms with Crippen LogP contribution in [0.1, 0.15) is 50.9 Å². The van der Waals surface area contributed by atoms with Gasteiger partial charge in [-0.1, -0.05) is 100 Å². The first kappa shape index (κ1) is 33.6. The lowest BCUT2D eigenvalue weighted by atomic mass is 10.1. The molecular weight excluding hydrogens is 574 g/mol. The third-order valence-corrected chi connectivity index (χ3v) is 14.2. The Bertz CT molecular complexity index is 1190. The Morgan fingerprint density at radius 2 is 1.00 bits per heavy atom. The summed E-state index contributed by atoms with van der Waals surface area (Å²) >= 11 is 11.5. The maximum absolute atomic E-state index is 13.9. The minimum Gasteiger partial charge on any atom is -0.360 e. The van der Waals surface area contributed by atoms with Gasteiger partial charge in [-0.25, -0.2) is 0 Å². The Kier molecular flexibility index (Phi) is 13.4. The third-order valence-electron chi connectivity index (χ3n) is 6.89. The van der Waals surface area contributed by atoms with Crippen LogP contribution in [0.15, 0.2) is 60.7 Å². The first-order valence-corrected chi connectivity index (χ1v) is 18.4. The van der Waals surface area contributed by atoms with E-state index in [0.717, 1.165) is 11.1 Å². The third kappa shape index (κ3) is 7.99. The van der Waals surface area contributed by atoms with E-state index >= 15 is 0 Å². The van der Waals surface area contributed by atoms with E-state index in [1.54, 1.807) is 9.34 Å². The molecule has 0 saturated heterocycles. The topological polar surface area (TPSA) is 64.7 Å². The van der Waals surface area contributed by atoms with Crippen LogP contribution in [0, 0.1) is 24.7 Å². The standard InChI is InChI=1S/C30H40N4O2P2S2/c1-7-27(25-19-15-13-16-20-25)33(37(35,9-3)10-4)29(39)31-23-24-32-30(40)34(38(36,11-5)12-6)28(8-2)26-21-17-14-18-22-26/h1-2,13-22,27-28H,9-12,23-24H2,3-6H3,(H,31,39)(H,32,40). The zero-order valence-corrected chi connectivity index (χ0v) is 27.2. The van der Waals surface area contributed by atoms with Gasteiger partial charge in [-0.3, -0.25) is 9.34 Å². The summed E-state index contributed by atoms with van der Waals surface area (Å²) in [5.41, 5.74) is 1.70. The molecule has 0 aromatic heterocycles. The lowest BCUT2D eigenvalue weighted by Gasteiger charge is -2.38. The van der Waals surface area contributed by atoms with Gasteiger partial charge in [-0.05, 0) is 35.6 Å². The molecule has 10 heteroatoms. The Hall–Kier alpha value is -2.60. The normalized spacial score (nSPS) is 12.8. The van der Waals surface area contributed by atoms with Crippen molar-refractivity contribution in [1.82, 2.24) is 20.0 Å². The fourth-order valence-corrected chi connectivity index (χ4v) is 9.90. The molecule has 0 heterocycles. The molecule has 0 aliphatic rings. The molecule has 0 saturated carbocycles. The molecule has 0 amide bonds. The fraction of sp³-hybridized carbons (Fsp3) is 0.400. The van der Waals surface area contributed by atoms with Gasteiger partial charge < -0.3 is 19.8 Å². The van der Waals surface area contributed by atoms with Gasteiger partial charge in [0.25, 0.3) is 0 Å². The number of thiocarbonyl (C=S) groups is 2. The zero-order chi connectivity index (χ0) is 29.8. The number of rotatable bonds is 13. The minimum absolute atomic E-state index is 0.321. The lowest BCUT2D eigenvalue weighted by molar-refractivity contribution is 0.481. The van der Waals surface area contributed by atoms with Crippen LogP contribution in [-0.4, -0.2) is 57.3 Å². The van der Waals surface area contributed by atoms with Gasteiger partial charge >= 0.3 is 0 Å². The molecule has 0 radical (unpaired) electrons. The Labute approximate surface area is 251 Å². The van der Waals surface area contributed by atoms with Crippen molar-refractivity contribution in [2.24, 2.45) is 0 Å². The van der Waals surface area contributed by atoms with Crippen molar-refractivity contribution < 1.29 is 9.13 Å². The van der Waals surface area contributed by atoms with Gasteiger partial charge in [0.2, 0.25) is 0 Å². The highest BCUT2D eigenvalue weighted by Gasteiger charge is 2.36. The summed E-state index contributed by atoms with van der Waals surface area (Å²) in [6.07, 6.45) is 13.7. The maximum atomic E-state index is 13.9. The van der Waals surface area contributed by atoms with Crippen molar-refractivity contribution in [2.75, 3.05) is 37.7 Å². The maximum Gasteiger partial charge on any atom is 0.175 e. The second kappa shape index (κ2) is 16.0. The van der Waals surface area contributed by atoms with E-state index in [1.165, 1.54) is 0 Å². The Morgan fingerprint density at radius 1 is 0.700 bits per heavy atom. The van der Waals surface area contributed by atoms with Crippen molar-refractivity contribution in [3.05, 3.63) is 71.8 Å². The zero-order valence-electron chi connectivity index (χ0n) is 23.7. The summed E-state index contributed by atoms with van der Waals surface area (Å²) in [5.74, 6) is 5.59. The van der Waals surface area contributed by atoms with Gasteiger partial charge in [-0.2, -0.15) is 0 Å². The molecule has 2 atom stereocenters. The summed E-state index contributed by atoms with van der Waals surface area (Å²) < 4.78 is 31.3. The monoisotopic (exact) mass is 614 g/mol. The molecule has 214 valence electrons.